The second-order valence-corrected chi connectivity index (χ2v) is 8.08. The molecule has 0 radical (unpaired) electrons. The number of H-pyrrole nitrogens is 1. The van der Waals surface area contributed by atoms with E-state index in [1.807, 2.05) is 42.5 Å². The number of aromatic nitrogens is 2. The maximum Gasteiger partial charge on any atom is 0.276 e. The highest BCUT2D eigenvalue weighted by Gasteiger charge is 2.16. The molecule has 0 bridgehead atoms. The lowest BCUT2D eigenvalue weighted by atomic mass is 10.0. The highest BCUT2D eigenvalue weighted by Crippen LogP contribution is 2.25. The maximum absolute atomic E-state index is 12.9. The van der Waals surface area contributed by atoms with E-state index in [2.05, 4.69) is 26.1 Å². The summed E-state index contributed by atoms with van der Waals surface area (Å²) in [5.74, 6) is -0.185. The predicted octanol–water partition coefficient (Wildman–Crippen LogP) is 3.86. The van der Waals surface area contributed by atoms with Gasteiger partial charge in [-0.2, -0.15) is 5.10 Å². The number of aromatic amines is 1. The molecule has 0 saturated heterocycles. The fraction of sp³-hybridized carbons (Fsp3) is 0.148. The molecule has 4 rings (SSSR count). The van der Waals surface area contributed by atoms with Gasteiger partial charge in [-0.1, -0.05) is 48.5 Å². The summed E-state index contributed by atoms with van der Waals surface area (Å²) in [5.41, 5.74) is 5.15. The average Bonchev–Trinajstić information content (AvgIpc) is 3.34. The first-order valence-electron chi connectivity index (χ1n) is 11.3. The van der Waals surface area contributed by atoms with Gasteiger partial charge in [0.05, 0.1) is 6.42 Å². The van der Waals surface area contributed by atoms with Crippen LogP contribution in [0, 0.1) is 0 Å². The Morgan fingerprint density at radius 2 is 1.71 bits per heavy atom. The van der Waals surface area contributed by atoms with Crippen molar-refractivity contribution in [2.24, 2.45) is 0 Å². The summed E-state index contributed by atoms with van der Waals surface area (Å²) >= 11 is 0. The minimum atomic E-state index is -0.345. The molecule has 8 heteroatoms. The first-order valence-corrected chi connectivity index (χ1v) is 11.3. The van der Waals surface area contributed by atoms with Crippen molar-refractivity contribution < 1.29 is 14.7 Å². The minimum Gasteiger partial charge on any atom is -0.508 e. The number of anilines is 2. The van der Waals surface area contributed by atoms with Gasteiger partial charge in [0, 0.05) is 43.1 Å². The van der Waals surface area contributed by atoms with Gasteiger partial charge in [0.15, 0.2) is 5.69 Å². The summed E-state index contributed by atoms with van der Waals surface area (Å²) in [6.07, 6.45) is 2.49. The highest BCUT2D eigenvalue weighted by molar-refractivity contribution is 6.04. The Bertz CT molecular complexity index is 1330. The van der Waals surface area contributed by atoms with E-state index in [0.717, 1.165) is 22.4 Å². The summed E-state index contributed by atoms with van der Waals surface area (Å²) in [7, 11) is 1.59. The second-order valence-electron chi connectivity index (χ2n) is 8.08. The molecule has 1 heterocycles. The van der Waals surface area contributed by atoms with Crippen molar-refractivity contribution in [2.75, 3.05) is 17.7 Å². The molecular formula is C27H27N5O3. The van der Waals surface area contributed by atoms with E-state index in [1.54, 1.807) is 43.6 Å². The van der Waals surface area contributed by atoms with E-state index < -0.39 is 0 Å². The number of phenols is 1. The minimum absolute atomic E-state index is 0.100. The number of amides is 2. The fourth-order valence-electron chi connectivity index (χ4n) is 3.77. The largest absolute Gasteiger partial charge is 0.508 e. The SMILES string of the molecule is CNC(=O)Cc1cccc(NC(=O)c2n[nH]cc2CNc2ccccc2Cc2ccccc2O)c1. The molecule has 4 aromatic rings. The van der Waals surface area contributed by atoms with E-state index in [9.17, 15) is 14.7 Å². The van der Waals surface area contributed by atoms with Crippen LogP contribution in [-0.2, 0) is 24.2 Å². The summed E-state index contributed by atoms with van der Waals surface area (Å²) in [6.45, 7) is 0.383. The van der Waals surface area contributed by atoms with Crippen LogP contribution in [0.3, 0.4) is 0 Å². The number of phenolic OH excluding ortho intramolecular Hbond substituents is 1. The van der Waals surface area contributed by atoms with Crippen LogP contribution < -0.4 is 16.0 Å². The van der Waals surface area contributed by atoms with Crippen molar-refractivity contribution in [3.8, 4) is 5.75 Å². The first kappa shape index (κ1) is 23.6. The Morgan fingerprint density at radius 3 is 2.51 bits per heavy atom. The molecular weight excluding hydrogens is 442 g/mol. The van der Waals surface area contributed by atoms with Crippen molar-refractivity contribution in [2.45, 2.75) is 19.4 Å². The van der Waals surface area contributed by atoms with Crippen LogP contribution in [0.1, 0.15) is 32.7 Å². The van der Waals surface area contributed by atoms with Crippen molar-refractivity contribution in [1.82, 2.24) is 15.5 Å². The number of hydrogen-bond acceptors (Lipinski definition) is 5. The third-order valence-corrected chi connectivity index (χ3v) is 5.62. The summed E-state index contributed by atoms with van der Waals surface area (Å²) in [4.78, 5) is 24.6. The predicted molar refractivity (Wildman–Crippen MR) is 135 cm³/mol. The number of aromatic hydroxyl groups is 1. The summed E-state index contributed by atoms with van der Waals surface area (Å²) in [6, 6.07) is 22.3. The van der Waals surface area contributed by atoms with Crippen molar-refractivity contribution in [3.63, 3.8) is 0 Å². The molecule has 0 aliphatic carbocycles. The van der Waals surface area contributed by atoms with Gasteiger partial charge in [-0.15, -0.1) is 0 Å². The Hall–Kier alpha value is -4.59. The van der Waals surface area contributed by atoms with Crippen LogP contribution in [-0.4, -0.2) is 34.2 Å². The number of para-hydroxylation sites is 2. The van der Waals surface area contributed by atoms with Gasteiger partial charge in [-0.05, 0) is 41.0 Å². The van der Waals surface area contributed by atoms with E-state index in [1.165, 1.54) is 0 Å². The molecule has 0 unspecified atom stereocenters. The van der Waals surface area contributed by atoms with E-state index in [0.29, 0.717) is 24.2 Å². The number of benzene rings is 3. The molecule has 0 aliphatic heterocycles. The van der Waals surface area contributed by atoms with Crippen LogP contribution >= 0.6 is 0 Å². The van der Waals surface area contributed by atoms with E-state index in [-0.39, 0.29) is 29.7 Å². The van der Waals surface area contributed by atoms with Crippen molar-refractivity contribution >= 4 is 23.2 Å². The molecule has 3 aromatic carbocycles. The number of hydrogen-bond donors (Lipinski definition) is 5. The lowest BCUT2D eigenvalue weighted by molar-refractivity contribution is -0.119. The highest BCUT2D eigenvalue weighted by atomic mass is 16.3. The second kappa shape index (κ2) is 11.0. The number of nitrogens with zero attached hydrogens (tertiary/aromatic N) is 1. The standard InChI is InChI=1S/C27H27N5O3/c1-28-25(34)14-18-7-6-10-22(13-18)31-27(35)26-21(17-30-32-26)16-29-23-11-4-2-8-19(23)15-20-9-3-5-12-24(20)33/h2-13,17,29,33H,14-16H2,1H3,(H,28,34)(H,30,32)(H,31,35). The molecule has 0 fully saturated rings. The van der Waals surface area contributed by atoms with Crippen LogP contribution in [0.15, 0.2) is 79.0 Å². The van der Waals surface area contributed by atoms with Gasteiger partial charge >= 0.3 is 0 Å². The van der Waals surface area contributed by atoms with Gasteiger partial charge in [0.1, 0.15) is 5.75 Å². The Labute approximate surface area is 203 Å². The molecule has 0 aliphatic rings. The number of carbonyl (C=O) groups excluding carboxylic acids is 2. The molecule has 0 atom stereocenters. The molecule has 178 valence electrons. The number of carbonyl (C=O) groups is 2. The Balaban J connectivity index is 1.44. The van der Waals surface area contributed by atoms with Crippen molar-refractivity contribution in [1.29, 1.82) is 0 Å². The molecule has 0 saturated carbocycles. The van der Waals surface area contributed by atoms with Gasteiger partial charge in [0.2, 0.25) is 5.91 Å². The first-order chi connectivity index (χ1) is 17.0. The zero-order valence-corrected chi connectivity index (χ0v) is 19.3. The van der Waals surface area contributed by atoms with Gasteiger partial charge in [-0.25, -0.2) is 0 Å². The topological polar surface area (TPSA) is 119 Å². The zero-order chi connectivity index (χ0) is 24.6. The third kappa shape index (κ3) is 6.05. The number of nitrogens with one attached hydrogen (secondary N) is 4. The van der Waals surface area contributed by atoms with Crippen LogP contribution in [0.2, 0.25) is 0 Å². The van der Waals surface area contributed by atoms with E-state index >= 15 is 0 Å². The summed E-state index contributed by atoms with van der Waals surface area (Å²) in [5, 5.41) is 25.9. The van der Waals surface area contributed by atoms with Gasteiger partial charge < -0.3 is 21.1 Å². The smallest absolute Gasteiger partial charge is 0.276 e. The maximum atomic E-state index is 12.9. The molecule has 1 aromatic heterocycles. The normalized spacial score (nSPS) is 10.5. The average molecular weight is 470 g/mol. The fourth-order valence-corrected chi connectivity index (χ4v) is 3.77. The Morgan fingerprint density at radius 1 is 0.943 bits per heavy atom. The van der Waals surface area contributed by atoms with Gasteiger partial charge in [0.25, 0.3) is 5.91 Å². The summed E-state index contributed by atoms with van der Waals surface area (Å²) < 4.78 is 0. The quantitative estimate of drug-likeness (QED) is 0.255. The molecule has 5 N–H and O–H groups in total. The van der Waals surface area contributed by atoms with E-state index in [4.69, 9.17) is 0 Å². The lowest BCUT2D eigenvalue weighted by Gasteiger charge is -2.13. The molecule has 8 nitrogen and oxygen atoms in total. The zero-order valence-electron chi connectivity index (χ0n) is 19.3. The molecule has 2 amide bonds. The lowest BCUT2D eigenvalue weighted by Crippen LogP contribution is -2.20. The number of rotatable bonds is 9. The Kier molecular flexibility index (Phi) is 7.42. The molecule has 35 heavy (non-hydrogen) atoms. The third-order valence-electron chi connectivity index (χ3n) is 5.62. The van der Waals surface area contributed by atoms with Gasteiger partial charge in [-0.3, -0.25) is 14.7 Å². The molecule has 0 spiro atoms. The van der Waals surface area contributed by atoms with Crippen molar-refractivity contribution in [3.05, 3.63) is 107 Å². The van der Waals surface area contributed by atoms with Crippen LogP contribution in [0.25, 0.3) is 0 Å². The van der Waals surface area contributed by atoms with Crippen LogP contribution in [0.5, 0.6) is 5.75 Å². The number of likely N-dealkylation sites (N-methyl/N-ethyl adjacent to an activating group) is 1. The monoisotopic (exact) mass is 469 g/mol. The van der Waals surface area contributed by atoms with Crippen LogP contribution in [0.4, 0.5) is 11.4 Å².